The van der Waals surface area contributed by atoms with Crippen LogP contribution in [0.5, 0.6) is 11.5 Å². The molecule has 4 amide bonds. The lowest BCUT2D eigenvalue weighted by atomic mass is 10.0. The van der Waals surface area contributed by atoms with Crippen molar-refractivity contribution in [3.63, 3.8) is 0 Å². The highest BCUT2D eigenvalue weighted by molar-refractivity contribution is 6.39. The molecule has 7 heteroatoms. The van der Waals surface area contributed by atoms with E-state index < -0.39 is 17.8 Å². The van der Waals surface area contributed by atoms with Crippen molar-refractivity contribution in [3.8, 4) is 11.5 Å². The van der Waals surface area contributed by atoms with Gasteiger partial charge in [0.15, 0.2) is 0 Å². The molecule has 0 spiro atoms. The van der Waals surface area contributed by atoms with Crippen LogP contribution in [0, 0.1) is 13.8 Å². The zero-order valence-electron chi connectivity index (χ0n) is 17.0. The van der Waals surface area contributed by atoms with E-state index in [0.29, 0.717) is 22.7 Å². The van der Waals surface area contributed by atoms with Gasteiger partial charge >= 0.3 is 6.03 Å². The Bertz CT molecular complexity index is 1070. The number of imide groups is 2. The SMILES string of the molecule is C=CCOc1cc(OC)ccc1/C=C1\C(=O)NC(=O)N(c2ccc(C)cc2C)C1=O. The minimum Gasteiger partial charge on any atom is -0.497 e. The second-order valence-corrected chi connectivity index (χ2v) is 6.75. The number of nitrogens with one attached hydrogen (secondary N) is 1. The molecule has 1 heterocycles. The van der Waals surface area contributed by atoms with Crippen molar-refractivity contribution in [2.75, 3.05) is 18.6 Å². The van der Waals surface area contributed by atoms with Gasteiger partial charge in [0, 0.05) is 11.6 Å². The minimum atomic E-state index is -0.785. The molecule has 1 aliphatic heterocycles. The number of barbiturate groups is 1. The Labute approximate surface area is 174 Å². The number of methoxy groups -OCH3 is 1. The first-order valence-corrected chi connectivity index (χ1v) is 9.26. The molecule has 1 saturated heterocycles. The summed E-state index contributed by atoms with van der Waals surface area (Å²) in [5.41, 5.74) is 2.47. The van der Waals surface area contributed by atoms with E-state index in [0.717, 1.165) is 16.0 Å². The highest BCUT2D eigenvalue weighted by atomic mass is 16.5. The molecule has 0 bridgehead atoms. The van der Waals surface area contributed by atoms with Crippen LogP contribution in [0.4, 0.5) is 10.5 Å². The van der Waals surface area contributed by atoms with Crippen molar-refractivity contribution in [3.05, 3.63) is 71.3 Å². The first kappa shape index (κ1) is 20.9. The lowest BCUT2D eigenvalue weighted by molar-refractivity contribution is -0.122. The van der Waals surface area contributed by atoms with E-state index in [4.69, 9.17) is 9.47 Å². The molecule has 1 N–H and O–H groups in total. The van der Waals surface area contributed by atoms with Gasteiger partial charge in [0.1, 0.15) is 23.7 Å². The summed E-state index contributed by atoms with van der Waals surface area (Å²) in [5, 5.41) is 2.23. The Hall–Kier alpha value is -3.87. The van der Waals surface area contributed by atoms with Gasteiger partial charge in [0.2, 0.25) is 0 Å². The zero-order valence-corrected chi connectivity index (χ0v) is 17.0. The lowest BCUT2D eigenvalue weighted by Gasteiger charge is -2.27. The molecule has 30 heavy (non-hydrogen) atoms. The second-order valence-electron chi connectivity index (χ2n) is 6.75. The van der Waals surface area contributed by atoms with Gasteiger partial charge in [-0.1, -0.05) is 30.4 Å². The van der Waals surface area contributed by atoms with Crippen LogP contribution in [0.1, 0.15) is 16.7 Å². The Kier molecular flexibility index (Phi) is 6.01. The Morgan fingerprint density at radius 2 is 1.87 bits per heavy atom. The third kappa shape index (κ3) is 4.10. The number of carbonyl (C=O) groups is 3. The maximum Gasteiger partial charge on any atom is 0.335 e. The summed E-state index contributed by atoms with van der Waals surface area (Å²) in [6.07, 6.45) is 2.98. The molecule has 0 saturated carbocycles. The molecular formula is C23H22N2O5. The Balaban J connectivity index is 2.05. The van der Waals surface area contributed by atoms with Gasteiger partial charge in [-0.3, -0.25) is 14.9 Å². The summed E-state index contributed by atoms with van der Waals surface area (Å²) < 4.78 is 10.8. The topological polar surface area (TPSA) is 84.9 Å². The molecule has 7 nitrogen and oxygen atoms in total. The molecule has 2 aromatic rings. The van der Waals surface area contributed by atoms with Gasteiger partial charge in [0.25, 0.3) is 11.8 Å². The minimum absolute atomic E-state index is 0.178. The van der Waals surface area contributed by atoms with Gasteiger partial charge in [-0.25, -0.2) is 9.69 Å². The number of carbonyl (C=O) groups excluding carboxylic acids is 3. The molecule has 1 fully saturated rings. The molecule has 154 valence electrons. The summed E-state index contributed by atoms with van der Waals surface area (Å²) in [4.78, 5) is 39.0. The average molecular weight is 406 g/mol. The highest BCUT2D eigenvalue weighted by Gasteiger charge is 2.37. The van der Waals surface area contributed by atoms with Crippen molar-refractivity contribution in [1.29, 1.82) is 0 Å². The van der Waals surface area contributed by atoms with Crippen LogP contribution in [0.25, 0.3) is 6.08 Å². The Morgan fingerprint density at radius 3 is 2.53 bits per heavy atom. The number of nitrogens with zero attached hydrogens (tertiary/aromatic N) is 1. The van der Waals surface area contributed by atoms with Gasteiger partial charge in [-0.15, -0.1) is 0 Å². The standard InChI is InChI=1S/C23H22N2O5/c1-5-10-30-20-13-17(29-4)8-7-16(20)12-18-21(26)24-23(28)25(22(18)27)19-9-6-14(2)11-15(19)3/h5-9,11-13H,1,10H2,2-4H3,(H,24,26,28)/b18-12+. The molecule has 0 unspecified atom stereocenters. The molecule has 2 aromatic carbocycles. The fraction of sp³-hybridized carbons (Fsp3) is 0.174. The molecule has 0 aromatic heterocycles. The molecule has 0 atom stereocenters. The van der Waals surface area contributed by atoms with E-state index >= 15 is 0 Å². The number of anilines is 1. The van der Waals surface area contributed by atoms with Crippen LogP contribution >= 0.6 is 0 Å². The van der Waals surface area contributed by atoms with Crippen molar-refractivity contribution in [1.82, 2.24) is 5.32 Å². The molecule has 1 aliphatic rings. The molecule has 3 rings (SSSR count). The number of urea groups is 1. The van der Waals surface area contributed by atoms with E-state index in [1.54, 1.807) is 43.3 Å². The summed E-state index contributed by atoms with van der Waals surface area (Å²) in [6, 6.07) is 9.56. The predicted octanol–water partition coefficient (Wildman–Crippen LogP) is 3.54. The molecule has 0 radical (unpaired) electrons. The van der Waals surface area contributed by atoms with Crippen LogP contribution in [0.2, 0.25) is 0 Å². The van der Waals surface area contributed by atoms with Crippen molar-refractivity contribution >= 4 is 29.6 Å². The van der Waals surface area contributed by atoms with Crippen LogP contribution < -0.4 is 19.7 Å². The zero-order chi connectivity index (χ0) is 21.8. The van der Waals surface area contributed by atoms with Crippen LogP contribution in [0.3, 0.4) is 0 Å². The van der Waals surface area contributed by atoms with Crippen molar-refractivity contribution in [2.45, 2.75) is 13.8 Å². The first-order chi connectivity index (χ1) is 14.3. The quantitative estimate of drug-likeness (QED) is 0.451. The number of hydrogen-bond acceptors (Lipinski definition) is 5. The normalized spacial score (nSPS) is 15.2. The number of rotatable bonds is 6. The van der Waals surface area contributed by atoms with Crippen LogP contribution in [0.15, 0.2) is 54.6 Å². The first-order valence-electron chi connectivity index (χ1n) is 9.26. The van der Waals surface area contributed by atoms with E-state index in [1.165, 1.54) is 13.2 Å². The van der Waals surface area contributed by atoms with Crippen LogP contribution in [-0.2, 0) is 9.59 Å². The maximum absolute atomic E-state index is 13.1. The van der Waals surface area contributed by atoms with E-state index in [9.17, 15) is 14.4 Å². The number of benzene rings is 2. The third-order valence-electron chi connectivity index (χ3n) is 4.57. The van der Waals surface area contributed by atoms with E-state index in [2.05, 4.69) is 11.9 Å². The molecule has 0 aliphatic carbocycles. The number of hydrogen-bond donors (Lipinski definition) is 1. The molecular weight excluding hydrogens is 384 g/mol. The third-order valence-corrected chi connectivity index (χ3v) is 4.57. The van der Waals surface area contributed by atoms with Gasteiger partial charge in [-0.05, 0) is 43.7 Å². The number of ether oxygens (including phenoxy) is 2. The summed E-state index contributed by atoms with van der Waals surface area (Å²) in [6.45, 7) is 7.57. The largest absolute Gasteiger partial charge is 0.497 e. The van der Waals surface area contributed by atoms with E-state index in [-0.39, 0.29) is 12.2 Å². The fourth-order valence-corrected chi connectivity index (χ4v) is 3.12. The summed E-state index contributed by atoms with van der Waals surface area (Å²) in [7, 11) is 1.52. The van der Waals surface area contributed by atoms with Gasteiger partial charge in [0.05, 0.1) is 12.8 Å². The fourth-order valence-electron chi connectivity index (χ4n) is 3.12. The van der Waals surface area contributed by atoms with Gasteiger partial charge < -0.3 is 9.47 Å². The monoisotopic (exact) mass is 406 g/mol. The van der Waals surface area contributed by atoms with Gasteiger partial charge in [-0.2, -0.15) is 0 Å². The van der Waals surface area contributed by atoms with Crippen LogP contribution in [-0.4, -0.2) is 31.6 Å². The lowest BCUT2D eigenvalue weighted by Crippen LogP contribution is -2.54. The summed E-state index contributed by atoms with van der Waals surface area (Å²) >= 11 is 0. The number of amides is 4. The second kappa shape index (κ2) is 8.65. The smallest absolute Gasteiger partial charge is 0.335 e. The maximum atomic E-state index is 13.1. The predicted molar refractivity (Wildman–Crippen MR) is 114 cm³/mol. The highest BCUT2D eigenvalue weighted by Crippen LogP contribution is 2.30. The van der Waals surface area contributed by atoms with E-state index in [1.807, 2.05) is 13.0 Å². The van der Waals surface area contributed by atoms with Crippen molar-refractivity contribution < 1.29 is 23.9 Å². The Morgan fingerprint density at radius 1 is 1.10 bits per heavy atom. The summed E-state index contributed by atoms with van der Waals surface area (Å²) in [5.74, 6) is -0.502. The van der Waals surface area contributed by atoms with Crippen molar-refractivity contribution in [2.24, 2.45) is 0 Å². The number of aryl methyl sites for hydroxylation is 2. The average Bonchev–Trinajstić information content (AvgIpc) is 2.71.